The molecule has 1 unspecified atom stereocenters. The molecule has 0 spiro atoms. The lowest BCUT2D eigenvalue weighted by Crippen LogP contribution is -2.43. The first kappa shape index (κ1) is 20.8. The number of piperidine rings is 1. The average molecular weight is 410 g/mol. The maximum atomic E-state index is 13.0. The highest BCUT2D eigenvalue weighted by molar-refractivity contribution is 7.89. The number of hydrogen-bond acceptors (Lipinski definition) is 5. The fourth-order valence-electron chi connectivity index (χ4n) is 4.08. The van der Waals surface area contributed by atoms with E-state index in [2.05, 4.69) is 5.32 Å². The molecule has 0 radical (unpaired) electrons. The third-order valence-corrected chi connectivity index (χ3v) is 7.37. The third kappa shape index (κ3) is 3.92. The second-order valence-electron chi connectivity index (χ2n) is 7.43. The Hall–Kier alpha value is -1.97. The van der Waals surface area contributed by atoms with Crippen molar-refractivity contribution in [1.29, 1.82) is 0 Å². The molecule has 0 aromatic heterocycles. The van der Waals surface area contributed by atoms with E-state index in [0.717, 1.165) is 11.3 Å². The lowest BCUT2D eigenvalue weighted by molar-refractivity contribution is -0.126. The molecule has 3 rings (SSSR count). The Kier molecular flexibility index (Phi) is 6.07. The van der Waals surface area contributed by atoms with Crippen molar-refractivity contribution >= 4 is 27.5 Å². The normalized spacial score (nSPS) is 20.8. The zero-order valence-corrected chi connectivity index (χ0v) is 17.0. The monoisotopic (exact) mass is 409 g/mol. The molecule has 1 aromatic rings. The first-order valence-electron chi connectivity index (χ1n) is 9.57. The van der Waals surface area contributed by atoms with Gasteiger partial charge in [-0.2, -0.15) is 4.31 Å². The van der Waals surface area contributed by atoms with E-state index in [1.165, 1.54) is 11.2 Å². The fourth-order valence-corrected chi connectivity index (χ4v) is 5.60. The largest absolute Gasteiger partial charge is 0.395 e. The quantitative estimate of drug-likeness (QED) is 0.736. The van der Waals surface area contributed by atoms with Crippen LogP contribution in [-0.2, 0) is 26.0 Å². The molecule has 8 nitrogen and oxygen atoms in total. The molecule has 9 heteroatoms. The summed E-state index contributed by atoms with van der Waals surface area (Å²) >= 11 is 0. The van der Waals surface area contributed by atoms with Crippen molar-refractivity contribution in [2.45, 2.75) is 44.0 Å². The van der Waals surface area contributed by atoms with Gasteiger partial charge in [0.05, 0.1) is 11.5 Å². The van der Waals surface area contributed by atoms with E-state index in [1.807, 2.05) is 6.92 Å². The van der Waals surface area contributed by atoms with E-state index in [4.69, 9.17) is 5.11 Å². The second kappa shape index (κ2) is 8.18. The molecule has 28 heavy (non-hydrogen) atoms. The van der Waals surface area contributed by atoms with Gasteiger partial charge in [-0.15, -0.1) is 0 Å². The molecule has 0 saturated carbocycles. The number of fused-ring (bicyclic) bond motifs is 1. The zero-order valence-electron chi connectivity index (χ0n) is 16.2. The van der Waals surface area contributed by atoms with Crippen molar-refractivity contribution in [2.75, 3.05) is 31.1 Å². The smallest absolute Gasteiger partial charge is 0.243 e. The maximum absolute atomic E-state index is 13.0. The topological polar surface area (TPSA) is 107 Å². The van der Waals surface area contributed by atoms with Crippen LogP contribution in [0.5, 0.6) is 0 Å². The summed E-state index contributed by atoms with van der Waals surface area (Å²) < 4.78 is 27.5. The van der Waals surface area contributed by atoms with Crippen LogP contribution < -0.4 is 10.2 Å². The van der Waals surface area contributed by atoms with E-state index in [-0.39, 0.29) is 54.9 Å². The molecule has 2 amide bonds. The number of aliphatic hydroxyl groups is 1. The minimum Gasteiger partial charge on any atom is -0.395 e. The lowest BCUT2D eigenvalue weighted by Gasteiger charge is -2.30. The summed E-state index contributed by atoms with van der Waals surface area (Å²) in [5.41, 5.74) is 1.64. The van der Waals surface area contributed by atoms with Gasteiger partial charge in [0, 0.05) is 44.2 Å². The Balaban J connectivity index is 1.72. The lowest BCUT2D eigenvalue weighted by atomic mass is 9.97. The number of carbonyl (C=O) groups is 2. The molecule has 2 heterocycles. The van der Waals surface area contributed by atoms with Crippen LogP contribution in [0.1, 0.15) is 32.3 Å². The highest BCUT2D eigenvalue weighted by atomic mass is 32.2. The van der Waals surface area contributed by atoms with Crippen LogP contribution >= 0.6 is 0 Å². The van der Waals surface area contributed by atoms with Crippen molar-refractivity contribution < 1.29 is 23.1 Å². The van der Waals surface area contributed by atoms with Gasteiger partial charge in [0.25, 0.3) is 0 Å². The van der Waals surface area contributed by atoms with Crippen molar-refractivity contribution in [3.05, 3.63) is 23.8 Å². The average Bonchev–Trinajstić information content (AvgIpc) is 3.01. The van der Waals surface area contributed by atoms with Gasteiger partial charge in [-0.25, -0.2) is 8.42 Å². The predicted octanol–water partition coefficient (Wildman–Crippen LogP) is 0.493. The van der Waals surface area contributed by atoms with E-state index >= 15 is 0 Å². The van der Waals surface area contributed by atoms with Gasteiger partial charge in [0.15, 0.2) is 0 Å². The van der Waals surface area contributed by atoms with E-state index in [1.54, 1.807) is 23.1 Å². The van der Waals surface area contributed by atoms with E-state index in [9.17, 15) is 18.0 Å². The molecule has 1 saturated heterocycles. The Morgan fingerprint density at radius 2 is 1.93 bits per heavy atom. The summed E-state index contributed by atoms with van der Waals surface area (Å²) in [4.78, 5) is 25.8. The van der Waals surface area contributed by atoms with Crippen molar-refractivity contribution in [3.8, 4) is 0 Å². The summed E-state index contributed by atoms with van der Waals surface area (Å²) in [6, 6.07) is 4.95. The van der Waals surface area contributed by atoms with Crippen molar-refractivity contribution in [3.63, 3.8) is 0 Å². The molecule has 2 N–H and O–H groups in total. The predicted molar refractivity (Wildman–Crippen MR) is 104 cm³/mol. The van der Waals surface area contributed by atoms with Crippen molar-refractivity contribution in [1.82, 2.24) is 9.62 Å². The first-order chi connectivity index (χ1) is 13.3. The molecule has 1 aromatic carbocycles. The van der Waals surface area contributed by atoms with Gasteiger partial charge in [0.1, 0.15) is 0 Å². The van der Waals surface area contributed by atoms with Crippen LogP contribution in [-0.4, -0.2) is 61.9 Å². The number of nitrogens with one attached hydrogen (secondary N) is 1. The van der Waals surface area contributed by atoms with Crippen LogP contribution in [0.2, 0.25) is 0 Å². The van der Waals surface area contributed by atoms with Crippen LogP contribution in [0.15, 0.2) is 23.1 Å². The minimum absolute atomic E-state index is 0.0126. The molecule has 1 atom stereocenters. The summed E-state index contributed by atoms with van der Waals surface area (Å²) in [7, 11) is -3.65. The van der Waals surface area contributed by atoms with Crippen molar-refractivity contribution in [2.24, 2.45) is 5.92 Å². The highest BCUT2D eigenvalue weighted by Gasteiger charge is 2.34. The number of nitrogens with zero attached hydrogens (tertiary/aromatic N) is 2. The standard InChI is InChI=1S/C19H27N3O5S/c1-13-11-16-12-17(3-4-18(16)22(13)14(2)24)28(26,27)21-8-5-15(6-9-21)19(25)20-7-10-23/h3-4,12-13,15,23H,5-11H2,1-2H3,(H,20,25). The molecule has 2 aliphatic heterocycles. The van der Waals surface area contributed by atoms with Crippen LogP contribution in [0.25, 0.3) is 0 Å². The first-order valence-corrected chi connectivity index (χ1v) is 11.0. The van der Waals surface area contributed by atoms with Crippen LogP contribution in [0.3, 0.4) is 0 Å². The molecule has 0 aliphatic carbocycles. The van der Waals surface area contributed by atoms with Crippen LogP contribution in [0.4, 0.5) is 5.69 Å². The van der Waals surface area contributed by atoms with Gasteiger partial charge in [-0.1, -0.05) is 0 Å². The molecule has 154 valence electrons. The SMILES string of the molecule is CC(=O)N1c2ccc(S(=O)(=O)N3CCC(C(=O)NCCO)CC3)cc2CC1C. The number of benzene rings is 1. The van der Waals surface area contributed by atoms with Gasteiger partial charge >= 0.3 is 0 Å². The van der Waals surface area contributed by atoms with Gasteiger partial charge in [-0.05, 0) is 49.9 Å². The summed E-state index contributed by atoms with van der Waals surface area (Å²) in [5, 5.41) is 11.4. The second-order valence-corrected chi connectivity index (χ2v) is 9.36. The Labute approximate surface area is 165 Å². The number of anilines is 1. The minimum atomic E-state index is -3.65. The summed E-state index contributed by atoms with van der Waals surface area (Å²) in [6.07, 6.45) is 1.54. The Morgan fingerprint density at radius 1 is 1.25 bits per heavy atom. The molecule has 2 aliphatic rings. The van der Waals surface area contributed by atoms with Gasteiger partial charge < -0.3 is 15.3 Å². The summed E-state index contributed by atoms with van der Waals surface area (Å²) in [6.45, 7) is 4.12. The number of carbonyl (C=O) groups excluding carboxylic acids is 2. The van der Waals surface area contributed by atoms with E-state index in [0.29, 0.717) is 19.3 Å². The molecular weight excluding hydrogens is 382 g/mol. The number of rotatable bonds is 5. The summed E-state index contributed by atoms with van der Waals surface area (Å²) in [5.74, 6) is -0.423. The van der Waals surface area contributed by atoms with E-state index < -0.39 is 10.0 Å². The maximum Gasteiger partial charge on any atom is 0.243 e. The fraction of sp³-hybridized carbons (Fsp3) is 0.579. The number of hydrogen-bond donors (Lipinski definition) is 2. The molecule has 0 bridgehead atoms. The highest BCUT2D eigenvalue weighted by Crippen LogP contribution is 2.35. The Bertz CT molecular complexity index is 862. The number of aliphatic hydroxyl groups excluding tert-OH is 1. The molecule has 1 fully saturated rings. The van der Waals surface area contributed by atoms with Crippen LogP contribution in [0, 0.1) is 5.92 Å². The van der Waals surface area contributed by atoms with Gasteiger partial charge in [0.2, 0.25) is 21.8 Å². The van der Waals surface area contributed by atoms with Gasteiger partial charge in [-0.3, -0.25) is 9.59 Å². The molecular formula is C19H27N3O5S. The number of sulfonamides is 1. The Morgan fingerprint density at radius 3 is 2.54 bits per heavy atom. The number of amides is 2. The third-order valence-electron chi connectivity index (χ3n) is 5.48. The zero-order chi connectivity index (χ0) is 20.5.